The highest BCUT2D eigenvalue weighted by Gasteiger charge is 2.30. The Balaban J connectivity index is 5.07. The number of nitrogens with zero attached hydrogens (tertiary/aromatic N) is 1. The Hall–Kier alpha value is -2.55. The summed E-state index contributed by atoms with van der Waals surface area (Å²) < 4.78 is 30.8. The summed E-state index contributed by atoms with van der Waals surface area (Å²) in [7, 11) is 1.48. The van der Waals surface area contributed by atoms with Crippen LogP contribution < -0.4 is 5.32 Å². The molecule has 478 valence electrons. The molecule has 3 unspecified atom stereocenters. The van der Waals surface area contributed by atoms with Crippen LogP contribution in [0.1, 0.15) is 323 Å². The first-order valence-electron chi connectivity index (χ1n) is 34.8. The number of quaternary nitrogens is 1. The predicted molar refractivity (Wildman–Crippen MR) is 355 cm³/mol. The number of phosphoric ester groups is 1. The lowest BCUT2D eigenvalue weighted by Gasteiger charge is -2.27. The molecule has 0 aliphatic carbocycles. The largest absolute Gasteiger partial charge is 0.472 e. The molecule has 1 amide bonds. The molecule has 0 saturated carbocycles. The number of amides is 1. The molecule has 9 nitrogen and oxygen atoms in total. The fourth-order valence-electron chi connectivity index (χ4n) is 10.0. The van der Waals surface area contributed by atoms with Gasteiger partial charge in [0.05, 0.1) is 33.8 Å². The molecule has 0 aromatic carbocycles. The highest BCUT2D eigenvalue weighted by Crippen LogP contribution is 2.43. The molecule has 0 aliphatic rings. The third-order valence-electron chi connectivity index (χ3n) is 15.4. The molecule has 0 heterocycles. The molecule has 0 saturated heterocycles. The van der Waals surface area contributed by atoms with Gasteiger partial charge in [-0.15, -0.1) is 0 Å². The van der Waals surface area contributed by atoms with E-state index in [-0.39, 0.29) is 31.5 Å². The molecule has 10 heteroatoms. The van der Waals surface area contributed by atoms with Gasteiger partial charge in [0.2, 0.25) is 5.91 Å². The van der Waals surface area contributed by atoms with Gasteiger partial charge in [-0.1, -0.05) is 287 Å². The second-order valence-corrected chi connectivity index (χ2v) is 26.1. The summed E-state index contributed by atoms with van der Waals surface area (Å²) in [5.74, 6) is -0.532. The van der Waals surface area contributed by atoms with Gasteiger partial charge < -0.3 is 19.4 Å². The van der Waals surface area contributed by atoms with Crippen LogP contribution in [-0.4, -0.2) is 74.3 Å². The third kappa shape index (κ3) is 62.0. The minimum Gasteiger partial charge on any atom is -0.456 e. The van der Waals surface area contributed by atoms with E-state index in [2.05, 4.69) is 86.8 Å². The van der Waals surface area contributed by atoms with E-state index in [1.54, 1.807) is 0 Å². The van der Waals surface area contributed by atoms with Crippen molar-refractivity contribution >= 4 is 19.7 Å². The number of carbonyl (C=O) groups is 2. The Kier molecular flexibility index (Phi) is 59.6. The Bertz CT molecular complexity index is 1630. The molecule has 0 spiro atoms. The van der Waals surface area contributed by atoms with Crippen molar-refractivity contribution < 1.29 is 37.3 Å². The van der Waals surface area contributed by atoms with Crippen molar-refractivity contribution in [2.24, 2.45) is 0 Å². The fraction of sp³-hybridized carbons (Fsp3) is 0.806. The Labute approximate surface area is 508 Å². The third-order valence-corrected chi connectivity index (χ3v) is 16.4. The van der Waals surface area contributed by atoms with Crippen LogP contribution in [0.15, 0.2) is 72.9 Å². The molecular weight excluding hydrogens is 1040 g/mol. The Morgan fingerprint density at radius 3 is 1.20 bits per heavy atom. The van der Waals surface area contributed by atoms with E-state index in [9.17, 15) is 19.0 Å². The fourth-order valence-corrected chi connectivity index (χ4v) is 10.8. The van der Waals surface area contributed by atoms with E-state index in [1.807, 2.05) is 33.3 Å². The monoisotopic (exact) mass is 1170 g/mol. The molecular formula is C72H134N2O7P+. The lowest BCUT2D eigenvalue weighted by molar-refractivity contribution is -0.870. The van der Waals surface area contributed by atoms with Crippen LogP contribution in [0.2, 0.25) is 0 Å². The van der Waals surface area contributed by atoms with Crippen molar-refractivity contribution in [1.29, 1.82) is 0 Å². The number of unbranched alkanes of at least 4 members (excludes halogenated alkanes) is 37. The quantitative estimate of drug-likeness (QED) is 0.0205. The summed E-state index contributed by atoms with van der Waals surface area (Å²) in [5, 5.41) is 3.05. The summed E-state index contributed by atoms with van der Waals surface area (Å²) >= 11 is 0. The highest BCUT2D eigenvalue weighted by molar-refractivity contribution is 7.47. The van der Waals surface area contributed by atoms with Crippen LogP contribution >= 0.6 is 7.82 Å². The smallest absolute Gasteiger partial charge is 0.456 e. The first-order valence-corrected chi connectivity index (χ1v) is 36.3. The van der Waals surface area contributed by atoms with Gasteiger partial charge in [0, 0.05) is 12.8 Å². The number of hydrogen-bond acceptors (Lipinski definition) is 6. The minimum absolute atomic E-state index is 0.0327. The Morgan fingerprint density at radius 2 is 0.780 bits per heavy atom. The van der Waals surface area contributed by atoms with Crippen LogP contribution in [-0.2, 0) is 27.9 Å². The van der Waals surface area contributed by atoms with Gasteiger partial charge in [0.25, 0.3) is 0 Å². The maximum absolute atomic E-state index is 13.6. The number of phosphoric acid groups is 1. The van der Waals surface area contributed by atoms with Gasteiger partial charge in [0.15, 0.2) is 0 Å². The number of rotatable bonds is 63. The van der Waals surface area contributed by atoms with Crippen LogP contribution in [0.3, 0.4) is 0 Å². The summed E-state index contributed by atoms with van der Waals surface area (Å²) in [6, 6.07) is -0.867. The number of hydrogen-bond donors (Lipinski definition) is 2. The summed E-state index contributed by atoms with van der Waals surface area (Å²) in [6.07, 6.45) is 80.7. The van der Waals surface area contributed by atoms with Gasteiger partial charge in [0.1, 0.15) is 19.3 Å². The molecule has 0 aromatic rings. The van der Waals surface area contributed by atoms with E-state index in [4.69, 9.17) is 13.8 Å². The zero-order chi connectivity index (χ0) is 60.0. The average Bonchev–Trinajstić information content (AvgIpc) is 3.45. The molecule has 82 heavy (non-hydrogen) atoms. The predicted octanol–water partition coefficient (Wildman–Crippen LogP) is 22.0. The lowest BCUT2D eigenvalue weighted by Crippen LogP contribution is -2.47. The molecule has 0 aromatic heterocycles. The average molecular weight is 1170 g/mol. The van der Waals surface area contributed by atoms with Gasteiger partial charge >= 0.3 is 13.8 Å². The van der Waals surface area contributed by atoms with E-state index < -0.39 is 20.0 Å². The molecule has 0 rings (SSSR count). The van der Waals surface area contributed by atoms with Crippen molar-refractivity contribution in [3.8, 4) is 0 Å². The molecule has 3 atom stereocenters. The van der Waals surface area contributed by atoms with Gasteiger partial charge in [-0.3, -0.25) is 18.6 Å². The van der Waals surface area contributed by atoms with E-state index in [1.165, 1.54) is 199 Å². The minimum atomic E-state index is -4.46. The van der Waals surface area contributed by atoms with Crippen LogP contribution in [0.4, 0.5) is 0 Å². The highest BCUT2D eigenvalue weighted by atomic mass is 31.2. The second-order valence-electron chi connectivity index (χ2n) is 24.7. The molecule has 0 radical (unpaired) electrons. The van der Waals surface area contributed by atoms with Gasteiger partial charge in [-0.05, 0) is 96.0 Å². The molecule has 0 fully saturated rings. The topological polar surface area (TPSA) is 111 Å². The van der Waals surface area contributed by atoms with Crippen LogP contribution in [0.5, 0.6) is 0 Å². The normalized spacial score (nSPS) is 14.0. The van der Waals surface area contributed by atoms with Crippen molar-refractivity contribution in [2.45, 2.75) is 335 Å². The van der Waals surface area contributed by atoms with E-state index >= 15 is 0 Å². The first kappa shape index (κ1) is 79.5. The lowest BCUT2D eigenvalue weighted by atomic mass is 10.0. The van der Waals surface area contributed by atoms with Crippen molar-refractivity contribution in [3.05, 3.63) is 72.9 Å². The maximum Gasteiger partial charge on any atom is 0.472 e. The standard InChI is InChI=1S/C72H133N2O7P/c1-7-10-13-16-19-22-25-28-30-32-33-34-35-36-37-38-39-40-41-42-44-47-50-53-56-59-62-65-72(76)81-70(63-60-57-54-51-48-45-27-24-21-18-15-12-9-3)69(68-80-82(77,78)79-67-66-74(4,5)6)73-71(75)64-61-58-55-52-49-46-43-31-29-26-23-20-17-14-11-8-2/h11,14,20,23,28-31,46,49,60,63,69-70H,7-10,12-13,15-19,21-22,24-27,32-45,47-48,50-59,61-62,64-68H2,1-6H3,(H-,73,75,77,78)/p+1/b14-11+,23-20+,30-28+,31-29+,49-46+,63-60-. The molecule has 0 aliphatic heterocycles. The van der Waals surface area contributed by atoms with Crippen LogP contribution in [0.25, 0.3) is 0 Å². The van der Waals surface area contributed by atoms with Crippen molar-refractivity contribution in [3.63, 3.8) is 0 Å². The molecule has 2 N–H and O–H groups in total. The zero-order valence-corrected chi connectivity index (χ0v) is 55.6. The number of ether oxygens (including phenoxy) is 1. The zero-order valence-electron chi connectivity index (χ0n) is 54.7. The van der Waals surface area contributed by atoms with Gasteiger partial charge in [-0.25, -0.2) is 4.57 Å². The SMILES string of the molecule is CC/C=C/C/C=C/C/C=C/C/C=C/CCCCCC(=O)NC(COP(=O)(O)OCC[N+](C)(C)C)C(/C=C\CCCCCCCCCCCCC)OC(=O)CCCCCCCCCCCCCCCCCCC/C=C/CCCCCCCC. The maximum atomic E-state index is 13.6. The van der Waals surface area contributed by atoms with E-state index in [0.29, 0.717) is 23.9 Å². The van der Waals surface area contributed by atoms with Crippen molar-refractivity contribution in [1.82, 2.24) is 5.32 Å². The van der Waals surface area contributed by atoms with E-state index in [0.717, 1.165) is 83.5 Å². The van der Waals surface area contributed by atoms with Crippen molar-refractivity contribution in [2.75, 3.05) is 40.9 Å². The number of carbonyl (C=O) groups excluding carboxylic acids is 2. The first-order chi connectivity index (χ1) is 39.9. The van der Waals surface area contributed by atoms with Crippen LogP contribution in [0, 0.1) is 0 Å². The Morgan fingerprint density at radius 1 is 0.439 bits per heavy atom. The number of likely N-dealkylation sites (N-methyl/N-ethyl adjacent to an activating group) is 1. The summed E-state index contributed by atoms with van der Waals surface area (Å²) in [4.78, 5) is 37.8. The number of esters is 1. The number of allylic oxidation sites excluding steroid dienone is 11. The summed E-state index contributed by atoms with van der Waals surface area (Å²) in [5.41, 5.74) is 0. The summed E-state index contributed by atoms with van der Waals surface area (Å²) in [6.45, 7) is 6.90. The second kappa shape index (κ2) is 61.5. The van der Waals surface area contributed by atoms with Gasteiger partial charge in [-0.2, -0.15) is 0 Å². The number of nitrogens with one attached hydrogen (secondary N) is 1. The molecule has 0 bridgehead atoms.